The average Bonchev–Trinajstić information content (AvgIpc) is 2.71. The second-order valence-electron chi connectivity index (χ2n) is 8.23. The zero-order chi connectivity index (χ0) is 22.7. The van der Waals surface area contributed by atoms with Gasteiger partial charge in [-0.15, -0.1) is 0 Å². The minimum Gasteiger partial charge on any atom is -0.384 e. The highest BCUT2D eigenvalue weighted by molar-refractivity contribution is 7.32. The molecule has 0 radical (unpaired) electrons. The van der Waals surface area contributed by atoms with Crippen molar-refractivity contribution in [2.75, 3.05) is 25.0 Å². The Morgan fingerprint density at radius 3 is 2.52 bits per heavy atom. The molecular weight excluding hydrogens is 438 g/mol. The number of halogens is 2. The minimum atomic E-state index is -2.83. The Morgan fingerprint density at radius 2 is 1.84 bits per heavy atom. The Balaban J connectivity index is 1.66. The van der Waals surface area contributed by atoms with Gasteiger partial charge in [0.1, 0.15) is 5.82 Å². The van der Waals surface area contributed by atoms with Crippen molar-refractivity contribution in [3.63, 3.8) is 0 Å². The lowest BCUT2D eigenvalue weighted by Gasteiger charge is -2.25. The van der Waals surface area contributed by atoms with E-state index in [9.17, 15) is 8.96 Å². The van der Waals surface area contributed by atoms with Crippen molar-refractivity contribution in [1.82, 2.24) is 5.32 Å². The summed E-state index contributed by atoms with van der Waals surface area (Å²) in [5.41, 5.74) is 3.17. The molecule has 0 amide bonds. The maximum absolute atomic E-state index is 13.1. The van der Waals surface area contributed by atoms with Crippen molar-refractivity contribution in [2.24, 2.45) is 0 Å². The van der Waals surface area contributed by atoms with Gasteiger partial charge in [0.05, 0.1) is 17.3 Å². The standard InChI is InChI=1S/C23H33ClFN2O3P/c1-23(2,19-7-9-20(25)10-8-19)12-3-4-14-27-22-11-6-18(16-21(22)24)17-26-13-5-15-30-31(28)29/h6-11,16,26-27,31H,3-5,12-15,17H2,1-2H3,(H,28,29). The lowest BCUT2D eigenvalue weighted by atomic mass is 9.80. The Hall–Kier alpha value is -1.43. The highest BCUT2D eigenvalue weighted by Crippen LogP contribution is 2.29. The molecule has 2 aromatic rings. The van der Waals surface area contributed by atoms with Crippen LogP contribution in [0, 0.1) is 5.82 Å². The van der Waals surface area contributed by atoms with E-state index < -0.39 is 8.25 Å². The fourth-order valence-electron chi connectivity index (χ4n) is 3.36. The molecule has 3 N–H and O–H groups in total. The summed E-state index contributed by atoms with van der Waals surface area (Å²) in [6.45, 7) is 6.86. The first-order valence-electron chi connectivity index (χ1n) is 10.6. The summed E-state index contributed by atoms with van der Waals surface area (Å²) >= 11 is 6.40. The van der Waals surface area contributed by atoms with Gasteiger partial charge in [0.25, 0.3) is 0 Å². The highest BCUT2D eigenvalue weighted by atomic mass is 35.5. The molecule has 31 heavy (non-hydrogen) atoms. The van der Waals surface area contributed by atoms with Gasteiger partial charge in [0.15, 0.2) is 0 Å². The Bertz CT molecular complexity index is 834. The second-order valence-corrected chi connectivity index (χ2v) is 9.46. The molecule has 0 spiro atoms. The molecule has 2 rings (SSSR count). The Labute approximate surface area is 190 Å². The Morgan fingerprint density at radius 1 is 1.10 bits per heavy atom. The molecule has 1 unspecified atom stereocenters. The van der Waals surface area contributed by atoms with Gasteiger partial charge < -0.3 is 20.1 Å². The minimum absolute atomic E-state index is 0.0162. The molecule has 0 heterocycles. The molecule has 0 aliphatic carbocycles. The summed E-state index contributed by atoms with van der Waals surface area (Å²) in [5.74, 6) is -0.199. The van der Waals surface area contributed by atoms with Crippen molar-refractivity contribution in [3.8, 4) is 0 Å². The third-order valence-electron chi connectivity index (χ3n) is 5.26. The van der Waals surface area contributed by atoms with Crippen molar-refractivity contribution >= 4 is 25.5 Å². The zero-order valence-corrected chi connectivity index (χ0v) is 20.0. The number of unbranched alkanes of at least 4 members (excludes halogenated alkanes) is 1. The SMILES string of the molecule is CC(C)(CCCCNc1ccc(CNCCCO[PH](=O)O)cc1Cl)c1ccc(F)cc1. The summed E-state index contributed by atoms with van der Waals surface area (Å²) in [6, 6.07) is 12.7. The van der Waals surface area contributed by atoms with Crippen molar-refractivity contribution < 1.29 is 18.4 Å². The fraction of sp³-hybridized carbons (Fsp3) is 0.478. The largest absolute Gasteiger partial charge is 0.384 e. The molecular formula is C23H33ClFN2O3P. The fourth-order valence-corrected chi connectivity index (χ4v) is 3.95. The maximum atomic E-state index is 13.1. The number of rotatable bonds is 14. The van der Waals surface area contributed by atoms with Crippen LogP contribution in [0.25, 0.3) is 0 Å². The normalized spacial score (nSPS) is 12.7. The third-order valence-corrected chi connectivity index (χ3v) is 6.02. The molecule has 172 valence electrons. The first-order chi connectivity index (χ1) is 14.8. The molecule has 0 fully saturated rings. The van der Waals surface area contributed by atoms with Gasteiger partial charge in [0.2, 0.25) is 0 Å². The smallest absolute Gasteiger partial charge is 0.316 e. The topological polar surface area (TPSA) is 70.6 Å². The van der Waals surface area contributed by atoms with Crippen molar-refractivity contribution in [3.05, 3.63) is 64.4 Å². The summed E-state index contributed by atoms with van der Waals surface area (Å²) in [4.78, 5) is 8.60. The lowest BCUT2D eigenvalue weighted by molar-refractivity contribution is 0.276. The summed E-state index contributed by atoms with van der Waals surface area (Å²) < 4.78 is 28.2. The molecule has 5 nitrogen and oxygen atoms in total. The van der Waals surface area contributed by atoms with Crippen LogP contribution in [-0.4, -0.2) is 24.6 Å². The predicted molar refractivity (Wildman–Crippen MR) is 127 cm³/mol. The molecule has 0 aliphatic rings. The molecule has 0 saturated heterocycles. The van der Waals surface area contributed by atoms with Crippen LogP contribution in [0.4, 0.5) is 10.1 Å². The van der Waals surface area contributed by atoms with E-state index in [1.165, 1.54) is 12.1 Å². The van der Waals surface area contributed by atoms with Crippen LogP contribution in [0.3, 0.4) is 0 Å². The molecule has 2 aromatic carbocycles. The summed E-state index contributed by atoms with van der Waals surface area (Å²) in [7, 11) is -2.83. The van der Waals surface area contributed by atoms with E-state index in [2.05, 4.69) is 29.0 Å². The van der Waals surface area contributed by atoms with Crippen molar-refractivity contribution in [1.29, 1.82) is 0 Å². The van der Waals surface area contributed by atoms with E-state index in [0.717, 1.165) is 42.6 Å². The van der Waals surface area contributed by atoms with E-state index in [-0.39, 0.29) is 17.8 Å². The first-order valence-corrected chi connectivity index (χ1v) is 12.3. The van der Waals surface area contributed by atoms with E-state index in [0.29, 0.717) is 24.5 Å². The first kappa shape index (κ1) is 25.8. The predicted octanol–water partition coefficient (Wildman–Crippen LogP) is 5.92. The third kappa shape index (κ3) is 9.71. The lowest BCUT2D eigenvalue weighted by Crippen LogP contribution is -2.17. The molecule has 0 saturated carbocycles. The van der Waals surface area contributed by atoms with Gasteiger partial charge in [-0.25, -0.2) is 4.39 Å². The van der Waals surface area contributed by atoms with Crippen molar-refractivity contribution in [2.45, 2.75) is 51.5 Å². The van der Waals surface area contributed by atoms with Gasteiger partial charge >= 0.3 is 8.25 Å². The van der Waals surface area contributed by atoms with Gasteiger partial charge in [0, 0.05) is 13.1 Å². The van der Waals surface area contributed by atoms with Crippen LogP contribution in [0.1, 0.15) is 50.7 Å². The average molecular weight is 471 g/mol. The van der Waals surface area contributed by atoms with E-state index in [1.54, 1.807) is 0 Å². The monoisotopic (exact) mass is 470 g/mol. The number of nitrogens with one attached hydrogen (secondary N) is 2. The number of benzene rings is 2. The Kier molecular flexibility index (Phi) is 11.0. The summed E-state index contributed by atoms with van der Waals surface area (Å²) in [5, 5.41) is 7.35. The van der Waals surface area contributed by atoms with E-state index in [1.807, 2.05) is 30.3 Å². The van der Waals surface area contributed by atoms with Crippen LogP contribution >= 0.6 is 19.9 Å². The van der Waals surface area contributed by atoms with Crippen LogP contribution in [-0.2, 0) is 21.0 Å². The number of hydrogen-bond acceptors (Lipinski definition) is 4. The van der Waals surface area contributed by atoms with Crippen LogP contribution in [0.5, 0.6) is 0 Å². The van der Waals surface area contributed by atoms with Crippen LogP contribution < -0.4 is 10.6 Å². The van der Waals surface area contributed by atoms with E-state index in [4.69, 9.17) is 16.5 Å². The highest BCUT2D eigenvalue weighted by Gasteiger charge is 2.19. The molecule has 8 heteroatoms. The van der Waals surface area contributed by atoms with Gasteiger partial charge in [-0.05, 0) is 66.6 Å². The van der Waals surface area contributed by atoms with Crippen LogP contribution in [0.15, 0.2) is 42.5 Å². The summed E-state index contributed by atoms with van der Waals surface area (Å²) in [6.07, 6.45) is 3.78. The number of hydrogen-bond donors (Lipinski definition) is 3. The van der Waals surface area contributed by atoms with Crippen LogP contribution in [0.2, 0.25) is 5.02 Å². The quantitative estimate of drug-likeness (QED) is 0.236. The number of anilines is 1. The molecule has 1 atom stereocenters. The van der Waals surface area contributed by atoms with Gasteiger partial charge in [-0.3, -0.25) is 4.57 Å². The van der Waals surface area contributed by atoms with E-state index >= 15 is 0 Å². The second kappa shape index (κ2) is 13.2. The molecule has 0 aromatic heterocycles. The maximum Gasteiger partial charge on any atom is 0.316 e. The zero-order valence-electron chi connectivity index (χ0n) is 18.2. The molecule has 0 aliphatic heterocycles. The van der Waals surface area contributed by atoms with Gasteiger partial charge in [-0.1, -0.05) is 50.1 Å². The molecule has 0 bridgehead atoms. The van der Waals surface area contributed by atoms with Gasteiger partial charge in [-0.2, -0.15) is 0 Å².